The summed E-state index contributed by atoms with van der Waals surface area (Å²) in [7, 11) is 1.85. The SMILES string of the molecule is Cn1cc(C(=O)N2CCOCC2)c(=O)c2ccccc21. The lowest BCUT2D eigenvalue weighted by Crippen LogP contribution is -2.42. The van der Waals surface area contributed by atoms with Crippen LogP contribution in [0.2, 0.25) is 0 Å². The van der Waals surface area contributed by atoms with Crippen LogP contribution in [0.1, 0.15) is 10.4 Å². The van der Waals surface area contributed by atoms with E-state index in [2.05, 4.69) is 0 Å². The highest BCUT2D eigenvalue weighted by Gasteiger charge is 2.22. The highest BCUT2D eigenvalue weighted by Crippen LogP contribution is 2.12. The van der Waals surface area contributed by atoms with Crippen molar-refractivity contribution in [3.63, 3.8) is 0 Å². The van der Waals surface area contributed by atoms with Crippen LogP contribution in [0.25, 0.3) is 10.9 Å². The van der Waals surface area contributed by atoms with Crippen molar-refractivity contribution in [2.75, 3.05) is 26.3 Å². The molecule has 3 rings (SSSR count). The van der Waals surface area contributed by atoms with Gasteiger partial charge in [0.15, 0.2) is 0 Å². The topological polar surface area (TPSA) is 51.5 Å². The second kappa shape index (κ2) is 5.09. The normalized spacial score (nSPS) is 15.6. The maximum absolute atomic E-state index is 12.5. The predicted molar refractivity (Wildman–Crippen MR) is 75.9 cm³/mol. The highest BCUT2D eigenvalue weighted by atomic mass is 16.5. The van der Waals surface area contributed by atoms with Crippen molar-refractivity contribution in [1.29, 1.82) is 0 Å². The lowest BCUT2D eigenvalue weighted by atomic mass is 10.1. The Bertz CT molecular complexity index is 715. The Balaban J connectivity index is 2.10. The van der Waals surface area contributed by atoms with Gasteiger partial charge < -0.3 is 14.2 Å². The van der Waals surface area contributed by atoms with E-state index < -0.39 is 0 Å². The van der Waals surface area contributed by atoms with E-state index in [9.17, 15) is 9.59 Å². The van der Waals surface area contributed by atoms with Crippen LogP contribution in [0.4, 0.5) is 0 Å². The van der Waals surface area contributed by atoms with Crippen molar-refractivity contribution in [2.24, 2.45) is 7.05 Å². The largest absolute Gasteiger partial charge is 0.378 e. The summed E-state index contributed by atoms with van der Waals surface area (Å²) in [6, 6.07) is 7.32. The molecule has 5 nitrogen and oxygen atoms in total. The Morgan fingerprint density at radius 3 is 2.65 bits per heavy atom. The molecule has 0 radical (unpaired) electrons. The Kier molecular flexibility index (Phi) is 3.28. The number of carbonyl (C=O) groups excluding carboxylic acids is 1. The molecule has 0 atom stereocenters. The number of rotatable bonds is 1. The third-order valence-electron chi connectivity index (χ3n) is 3.62. The number of morpholine rings is 1. The lowest BCUT2D eigenvalue weighted by Gasteiger charge is -2.26. The first-order valence-electron chi connectivity index (χ1n) is 6.64. The van der Waals surface area contributed by atoms with Crippen LogP contribution >= 0.6 is 0 Å². The van der Waals surface area contributed by atoms with E-state index in [-0.39, 0.29) is 16.9 Å². The van der Waals surface area contributed by atoms with E-state index in [0.29, 0.717) is 31.7 Å². The Morgan fingerprint density at radius 2 is 1.90 bits per heavy atom. The summed E-state index contributed by atoms with van der Waals surface area (Å²) in [5.41, 5.74) is 0.860. The number of para-hydroxylation sites is 1. The Hall–Kier alpha value is -2.14. The minimum Gasteiger partial charge on any atom is -0.378 e. The fraction of sp³-hybridized carbons (Fsp3) is 0.333. The van der Waals surface area contributed by atoms with Crippen LogP contribution in [-0.4, -0.2) is 41.7 Å². The molecule has 20 heavy (non-hydrogen) atoms. The van der Waals surface area contributed by atoms with Crippen molar-refractivity contribution in [3.8, 4) is 0 Å². The average molecular weight is 272 g/mol. The minimum atomic E-state index is -0.209. The fourth-order valence-corrected chi connectivity index (χ4v) is 2.53. The molecule has 1 aromatic carbocycles. The molecule has 0 saturated carbocycles. The van der Waals surface area contributed by atoms with Gasteiger partial charge in [-0.05, 0) is 12.1 Å². The molecule has 1 fully saturated rings. The van der Waals surface area contributed by atoms with Crippen molar-refractivity contribution in [3.05, 3.63) is 46.2 Å². The lowest BCUT2D eigenvalue weighted by molar-refractivity contribution is 0.0301. The fourth-order valence-electron chi connectivity index (χ4n) is 2.53. The second-order valence-electron chi connectivity index (χ2n) is 4.90. The first-order valence-corrected chi connectivity index (χ1v) is 6.64. The Labute approximate surface area is 116 Å². The number of aryl methyl sites for hydroxylation is 1. The maximum atomic E-state index is 12.5. The smallest absolute Gasteiger partial charge is 0.259 e. The zero-order valence-electron chi connectivity index (χ0n) is 11.3. The molecule has 0 bridgehead atoms. The summed E-state index contributed by atoms with van der Waals surface area (Å²) in [6.45, 7) is 2.13. The molecule has 5 heteroatoms. The van der Waals surface area contributed by atoms with E-state index in [1.165, 1.54) is 0 Å². The van der Waals surface area contributed by atoms with Gasteiger partial charge in [-0.15, -0.1) is 0 Å². The third kappa shape index (κ3) is 2.10. The molecule has 0 spiro atoms. The number of hydrogen-bond donors (Lipinski definition) is 0. The van der Waals surface area contributed by atoms with Gasteiger partial charge >= 0.3 is 0 Å². The number of aromatic nitrogens is 1. The van der Waals surface area contributed by atoms with Crippen LogP contribution in [0.5, 0.6) is 0 Å². The van der Waals surface area contributed by atoms with Crippen LogP contribution in [0, 0.1) is 0 Å². The van der Waals surface area contributed by atoms with Gasteiger partial charge in [-0.1, -0.05) is 12.1 Å². The summed E-state index contributed by atoms with van der Waals surface area (Å²) in [4.78, 5) is 26.6. The maximum Gasteiger partial charge on any atom is 0.259 e. The van der Waals surface area contributed by atoms with Gasteiger partial charge in [-0.25, -0.2) is 0 Å². The van der Waals surface area contributed by atoms with Gasteiger partial charge in [0.1, 0.15) is 5.56 Å². The zero-order valence-corrected chi connectivity index (χ0v) is 11.3. The number of pyridine rings is 1. The van der Waals surface area contributed by atoms with Crippen LogP contribution in [0.3, 0.4) is 0 Å². The molecule has 1 aromatic heterocycles. The summed E-state index contributed by atoms with van der Waals surface area (Å²) in [6.07, 6.45) is 1.63. The van der Waals surface area contributed by atoms with Gasteiger partial charge in [0.05, 0.1) is 18.7 Å². The molecule has 0 unspecified atom stereocenters. The molecular formula is C15H16N2O3. The Morgan fingerprint density at radius 1 is 1.20 bits per heavy atom. The third-order valence-corrected chi connectivity index (χ3v) is 3.62. The van der Waals surface area contributed by atoms with E-state index in [0.717, 1.165) is 5.52 Å². The van der Waals surface area contributed by atoms with Crippen molar-refractivity contribution in [2.45, 2.75) is 0 Å². The van der Waals surface area contributed by atoms with Gasteiger partial charge in [-0.2, -0.15) is 0 Å². The van der Waals surface area contributed by atoms with E-state index in [4.69, 9.17) is 4.74 Å². The summed E-state index contributed by atoms with van der Waals surface area (Å²) >= 11 is 0. The van der Waals surface area contributed by atoms with Gasteiger partial charge in [0, 0.05) is 31.7 Å². The molecule has 1 amide bonds. The molecule has 0 aliphatic carbocycles. The number of carbonyl (C=O) groups is 1. The van der Waals surface area contributed by atoms with Crippen LogP contribution in [-0.2, 0) is 11.8 Å². The molecule has 2 aromatic rings. The number of amides is 1. The molecule has 1 saturated heterocycles. The summed E-state index contributed by atoms with van der Waals surface area (Å²) < 4.78 is 7.06. The number of hydrogen-bond acceptors (Lipinski definition) is 3. The van der Waals surface area contributed by atoms with Crippen molar-refractivity contribution in [1.82, 2.24) is 9.47 Å². The van der Waals surface area contributed by atoms with Crippen LogP contribution < -0.4 is 5.43 Å². The first kappa shape index (κ1) is 12.9. The molecule has 104 valence electrons. The standard InChI is InChI=1S/C15H16N2O3/c1-16-10-12(15(19)17-6-8-20-9-7-17)14(18)11-4-2-3-5-13(11)16/h2-5,10H,6-9H2,1H3. The van der Waals surface area contributed by atoms with Gasteiger partial charge in [0.25, 0.3) is 5.91 Å². The first-order chi connectivity index (χ1) is 9.68. The predicted octanol–water partition coefficient (Wildman–Crippen LogP) is 1.01. The van der Waals surface area contributed by atoms with Crippen LogP contribution in [0.15, 0.2) is 35.3 Å². The van der Waals surface area contributed by atoms with Crippen molar-refractivity contribution >= 4 is 16.8 Å². The van der Waals surface area contributed by atoms with Gasteiger partial charge in [0.2, 0.25) is 5.43 Å². The second-order valence-corrected chi connectivity index (χ2v) is 4.90. The molecule has 1 aliphatic rings. The molecule has 0 N–H and O–H groups in total. The zero-order chi connectivity index (χ0) is 14.1. The van der Waals surface area contributed by atoms with Crippen molar-refractivity contribution < 1.29 is 9.53 Å². The average Bonchev–Trinajstić information content (AvgIpc) is 2.51. The molecule has 1 aliphatic heterocycles. The van der Waals surface area contributed by atoms with E-state index in [1.54, 1.807) is 17.2 Å². The number of nitrogens with zero attached hydrogens (tertiary/aromatic N) is 2. The number of fused-ring (bicyclic) bond motifs is 1. The van der Waals surface area contributed by atoms with E-state index in [1.807, 2.05) is 29.8 Å². The summed E-state index contributed by atoms with van der Waals surface area (Å²) in [5, 5.41) is 0.578. The van der Waals surface area contributed by atoms with Gasteiger partial charge in [-0.3, -0.25) is 9.59 Å². The monoisotopic (exact) mass is 272 g/mol. The summed E-state index contributed by atoms with van der Waals surface area (Å²) in [5.74, 6) is -0.209. The quantitative estimate of drug-likeness (QED) is 0.778. The number of ether oxygens (including phenoxy) is 1. The molecule has 2 heterocycles. The van der Waals surface area contributed by atoms with E-state index >= 15 is 0 Å². The highest BCUT2D eigenvalue weighted by molar-refractivity contribution is 5.97. The molecular weight excluding hydrogens is 256 g/mol. The number of benzene rings is 1. The minimum absolute atomic E-state index is 0.199.